The van der Waals surface area contributed by atoms with E-state index in [1.165, 1.54) is 32.4 Å². The minimum atomic E-state index is 0. The molecule has 2 fully saturated rings. The van der Waals surface area contributed by atoms with E-state index < -0.39 is 0 Å². The smallest absolute Gasteiger partial charge is 0.0433 e. The molecular formula is C9H18ClNO. The van der Waals surface area contributed by atoms with E-state index in [-0.39, 0.29) is 12.4 Å². The van der Waals surface area contributed by atoms with Gasteiger partial charge in [0.25, 0.3) is 0 Å². The average Bonchev–Trinajstić information content (AvgIpc) is 2.66. The summed E-state index contributed by atoms with van der Waals surface area (Å²) in [6.45, 7) is 2.78. The minimum absolute atomic E-state index is 0. The molecule has 1 spiro atoms. The van der Waals surface area contributed by atoms with E-state index in [2.05, 4.69) is 5.32 Å². The Hall–Kier alpha value is 0.210. The predicted octanol–water partition coefficient (Wildman–Crippen LogP) is 1.18. The summed E-state index contributed by atoms with van der Waals surface area (Å²) in [6.07, 6.45) is 5.12. The summed E-state index contributed by atoms with van der Waals surface area (Å²) in [6, 6.07) is 0. The molecule has 1 heterocycles. The van der Waals surface area contributed by atoms with E-state index in [4.69, 9.17) is 5.11 Å². The van der Waals surface area contributed by atoms with Gasteiger partial charge in [-0.3, -0.25) is 0 Å². The molecule has 1 unspecified atom stereocenters. The van der Waals surface area contributed by atoms with Gasteiger partial charge in [0.15, 0.2) is 0 Å². The number of aliphatic hydroxyl groups is 1. The molecular weight excluding hydrogens is 174 g/mol. The normalized spacial score (nSPS) is 31.2. The maximum absolute atomic E-state index is 8.78. The summed E-state index contributed by atoms with van der Waals surface area (Å²) in [5.74, 6) is 0.856. The van der Waals surface area contributed by atoms with Crippen LogP contribution in [0.4, 0.5) is 0 Å². The topological polar surface area (TPSA) is 32.3 Å². The molecule has 1 aliphatic heterocycles. The monoisotopic (exact) mass is 191 g/mol. The molecule has 3 heteroatoms. The van der Waals surface area contributed by atoms with Crippen LogP contribution in [-0.4, -0.2) is 24.8 Å². The van der Waals surface area contributed by atoms with Crippen LogP contribution in [0.2, 0.25) is 0 Å². The Kier molecular flexibility index (Phi) is 3.38. The van der Waals surface area contributed by atoms with Crippen molar-refractivity contribution in [2.75, 3.05) is 19.7 Å². The van der Waals surface area contributed by atoms with E-state index >= 15 is 0 Å². The lowest BCUT2D eigenvalue weighted by atomic mass is 9.91. The summed E-state index contributed by atoms with van der Waals surface area (Å²) in [7, 11) is 0. The number of rotatable bonds is 2. The van der Waals surface area contributed by atoms with Crippen molar-refractivity contribution >= 4 is 12.4 Å². The van der Waals surface area contributed by atoms with Crippen molar-refractivity contribution in [1.82, 2.24) is 5.32 Å². The lowest BCUT2D eigenvalue weighted by Crippen LogP contribution is -2.29. The number of hydrogen-bond acceptors (Lipinski definition) is 2. The highest BCUT2D eigenvalue weighted by atomic mass is 35.5. The average molecular weight is 192 g/mol. The quantitative estimate of drug-likeness (QED) is 0.687. The Balaban J connectivity index is 0.000000720. The third-order valence-electron chi connectivity index (χ3n) is 3.44. The number of aliphatic hydroxyl groups excluding tert-OH is 1. The lowest BCUT2D eigenvalue weighted by molar-refractivity contribution is 0.251. The van der Waals surface area contributed by atoms with Crippen LogP contribution in [0.15, 0.2) is 0 Å². The Morgan fingerprint density at radius 3 is 2.58 bits per heavy atom. The van der Waals surface area contributed by atoms with Crippen LogP contribution in [0.5, 0.6) is 0 Å². The third kappa shape index (κ3) is 1.76. The van der Waals surface area contributed by atoms with Crippen LogP contribution in [-0.2, 0) is 0 Å². The van der Waals surface area contributed by atoms with Gasteiger partial charge in [-0.1, -0.05) is 0 Å². The number of halogens is 1. The van der Waals surface area contributed by atoms with Gasteiger partial charge < -0.3 is 10.4 Å². The molecule has 2 aliphatic rings. The Morgan fingerprint density at radius 1 is 1.33 bits per heavy atom. The molecule has 0 radical (unpaired) electrons. The van der Waals surface area contributed by atoms with Gasteiger partial charge in [-0.25, -0.2) is 0 Å². The largest absolute Gasteiger partial charge is 0.396 e. The van der Waals surface area contributed by atoms with Crippen LogP contribution in [0.1, 0.15) is 25.7 Å². The zero-order chi connectivity index (χ0) is 7.73. The fourth-order valence-electron chi connectivity index (χ4n) is 2.53. The molecule has 1 aliphatic carbocycles. The minimum Gasteiger partial charge on any atom is -0.396 e. The van der Waals surface area contributed by atoms with Crippen LogP contribution in [0.25, 0.3) is 0 Å². The van der Waals surface area contributed by atoms with Crippen molar-refractivity contribution in [2.24, 2.45) is 11.3 Å². The summed E-state index contributed by atoms with van der Waals surface area (Å²) in [4.78, 5) is 0. The van der Waals surface area contributed by atoms with Gasteiger partial charge in [-0.2, -0.15) is 0 Å². The van der Waals surface area contributed by atoms with Gasteiger partial charge in [0, 0.05) is 6.61 Å². The molecule has 2 N–H and O–H groups in total. The first-order valence-corrected chi connectivity index (χ1v) is 4.69. The Morgan fingerprint density at radius 2 is 2.00 bits per heavy atom. The molecule has 0 aromatic carbocycles. The molecule has 2 rings (SSSR count). The highest BCUT2D eigenvalue weighted by Gasteiger charge is 2.52. The van der Waals surface area contributed by atoms with Gasteiger partial charge >= 0.3 is 0 Å². The zero-order valence-electron chi connectivity index (χ0n) is 7.38. The second kappa shape index (κ2) is 3.95. The van der Waals surface area contributed by atoms with E-state index in [0.29, 0.717) is 12.0 Å². The second-order valence-electron chi connectivity index (χ2n) is 4.03. The number of piperidine rings is 1. The molecule has 1 saturated heterocycles. The first-order valence-electron chi connectivity index (χ1n) is 4.69. The molecule has 1 saturated carbocycles. The van der Waals surface area contributed by atoms with Gasteiger partial charge in [-0.05, 0) is 50.1 Å². The van der Waals surface area contributed by atoms with Crippen LogP contribution >= 0.6 is 12.4 Å². The molecule has 12 heavy (non-hydrogen) atoms. The van der Waals surface area contributed by atoms with Crippen LogP contribution in [0, 0.1) is 11.3 Å². The van der Waals surface area contributed by atoms with E-state index in [0.717, 1.165) is 12.3 Å². The highest BCUT2D eigenvalue weighted by molar-refractivity contribution is 5.85. The lowest BCUT2D eigenvalue weighted by Gasteiger charge is -2.23. The number of hydrogen-bond donors (Lipinski definition) is 2. The van der Waals surface area contributed by atoms with Crippen molar-refractivity contribution in [3.63, 3.8) is 0 Å². The zero-order valence-corrected chi connectivity index (χ0v) is 8.20. The van der Waals surface area contributed by atoms with Crippen molar-refractivity contribution in [3.8, 4) is 0 Å². The Bertz CT molecular complexity index is 145. The van der Waals surface area contributed by atoms with E-state index in [1.807, 2.05) is 0 Å². The van der Waals surface area contributed by atoms with Crippen molar-refractivity contribution < 1.29 is 5.11 Å². The van der Waals surface area contributed by atoms with Crippen LogP contribution < -0.4 is 5.32 Å². The first kappa shape index (κ1) is 10.3. The van der Waals surface area contributed by atoms with Gasteiger partial charge in [0.2, 0.25) is 0 Å². The molecule has 0 aromatic rings. The molecule has 0 bridgehead atoms. The molecule has 72 valence electrons. The summed E-state index contributed by atoms with van der Waals surface area (Å²) < 4.78 is 0. The third-order valence-corrected chi connectivity index (χ3v) is 3.44. The maximum Gasteiger partial charge on any atom is 0.0433 e. The SMILES string of the molecule is Cl.OCCC1CC12CCNCC2. The summed E-state index contributed by atoms with van der Waals surface area (Å²) >= 11 is 0. The van der Waals surface area contributed by atoms with Crippen molar-refractivity contribution in [1.29, 1.82) is 0 Å². The standard InChI is InChI=1S/C9H17NO.ClH/c11-6-1-8-7-9(8)2-4-10-5-3-9;/h8,10-11H,1-7H2;1H. The van der Waals surface area contributed by atoms with Gasteiger partial charge in [0.05, 0.1) is 0 Å². The van der Waals surface area contributed by atoms with Gasteiger partial charge in [0.1, 0.15) is 0 Å². The fraction of sp³-hybridized carbons (Fsp3) is 1.00. The van der Waals surface area contributed by atoms with Gasteiger partial charge in [-0.15, -0.1) is 12.4 Å². The molecule has 0 amide bonds. The van der Waals surface area contributed by atoms with Crippen molar-refractivity contribution in [3.05, 3.63) is 0 Å². The fourth-order valence-corrected chi connectivity index (χ4v) is 2.53. The maximum atomic E-state index is 8.78. The Labute approximate surface area is 80.1 Å². The summed E-state index contributed by atoms with van der Waals surface area (Å²) in [5, 5.41) is 12.2. The molecule has 1 atom stereocenters. The molecule has 0 aromatic heterocycles. The summed E-state index contributed by atoms with van der Waals surface area (Å²) in [5.41, 5.74) is 0.675. The second-order valence-corrected chi connectivity index (χ2v) is 4.03. The highest BCUT2D eigenvalue weighted by Crippen LogP contribution is 2.59. The molecule has 2 nitrogen and oxygen atoms in total. The van der Waals surface area contributed by atoms with E-state index in [1.54, 1.807) is 0 Å². The van der Waals surface area contributed by atoms with E-state index in [9.17, 15) is 0 Å². The van der Waals surface area contributed by atoms with Crippen molar-refractivity contribution in [2.45, 2.75) is 25.7 Å². The number of nitrogens with one attached hydrogen (secondary N) is 1. The predicted molar refractivity (Wildman–Crippen MR) is 51.6 cm³/mol. The van der Waals surface area contributed by atoms with Crippen LogP contribution in [0.3, 0.4) is 0 Å². The first-order chi connectivity index (χ1) is 5.37.